The van der Waals surface area contributed by atoms with Crippen molar-refractivity contribution in [3.63, 3.8) is 0 Å². The number of nitrogens with one attached hydrogen (secondary N) is 1. The number of ether oxygens (including phenoxy) is 1. The largest absolute Gasteiger partial charge is 0.394 e. The average molecular weight is 214 g/mol. The SMILES string of the molecule is Cc1nc[nH]c1[C@@H]1O[C@H](CO)[C@@H](O)[C@H]1O. The molecule has 15 heavy (non-hydrogen) atoms. The van der Waals surface area contributed by atoms with Crippen molar-refractivity contribution in [1.82, 2.24) is 9.97 Å². The lowest BCUT2D eigenvalue weighted by atomic mass is 10.1. The Balaban J connectivity index is 2.22. The van der Waals surface area contributed by atoms with Crippen molar-refractivity contribution in [2.45, 2.75) is 31.3 Å². The Hall–Kier alpha value is -0.950. The van der Waals surface area contributed by atoms with Crippen molar-refractivity contribution in [1.29, 1.82) is 0 Å². The number of imidazole rings is 1. The van der Waals surface area contributed by atoms with Gasteiger partial charge < -0.3 is 25.0 Å². The van der Waals surface area contributed by atoms with Gasteiger partial charge in [-0.2, -0.15) is 0 Å². The van der Waals surface area contributed by atoms with Crippen molar-refractivity contribution in [3.8, 4) is 0 Å². The first-order chi connectivity index (χ1) is 7.15. The van der Waals surface area contributed by atoms with Crippen LogP contribution in [0.4, 0.5) is 0 Å². The van der Waals surface area contributed by atoms with Crippen LogP contribution in [-0.4, -0.2) is 50.2 Å². The second-order valence-electron chi connectivity index (χ2n) is 3.66. The number of rotatable bonds is 2. The maximum Gasteiger partial charge on any atom is 0.128 e. The number of aliphatic hydroxyl groups is 3. The van der Waals surface area contributed by atoms with Crippen molar-refractivity contribution in [2.24, 2.45) is 0 Å². The second kappa shape index (κ2) is 3.90. The van der Waals surface area contributed by atoms with Crippen molar-refractivity contribution in [2.75, 3.05) is 6.61 Å². The first kappa shape index (κ1) is 10.6. The molecule has 4 atom stereocenters. The summed E-state index contributed by atoms with van der Waals surface area (Å²) in [5, 5.41) is 28.2. The summed E-state index contributed by atoms with van der Waals surface area (Å²) < 4.78 is 5.34. The number of aromatic amines is 1. The third-order valence-corrected chi connectivity index (χ3v) is 2.69. The van der Waals surface area contributed by atoms with Gasteiger partial charge in [-0.3, -0.25) is 0 Å². The van der Waals surface area contributed by atoms with E-state index < -0.39 is 24.4 Å². The summed E-state index contributed by atoms with van der Waals surface area (Å²) in [7, 11) is 0. The summed E-state index contributed by atoms with van der Waals surface area (Å²) in [4.78, 5) is 6.83. The second-order valence-corrected chi connectivity index (χ2v) is 3.66. The zero-order valence-electron chi connectivity index (χ0n) is 8.29. The molecule has 1 aromatic heterocycles. The molecule has 4 N–H and O–H groups in total. The molecule has 1 saturated heterocycles. The van der Waals surface area contributed by atoms with E-state index in [0.29, 0.717) is 11.4 Å². The lowest BCUT2D eigenvalue weighted by molar-refractivity contribution is -0.0240. The van der Waals surface area contributed by atoms with Gasteiger partial charge in [0.05, 0.1) is 24.3 Å². The van der Waals surface area contributed by atoms with Gasteiger partial charge >= 0.3 is 0 Å². The fraction of sp³-hybridized carbons (Fsp3) is 0.667. The smallest absolute Gasteiger partial charge is 0.128 e. The lowest BCUT2D eigenvalue weighted by Crippen LogP contribution is -2.32. The molecular formula is C9H14N2O4. The molecule has 0 aliphatic carbocycles. The highest BCUT2D eigenvalue weighted by Crippen LogP contribution is 2.33. The predicted octanol–water partition coefficient (Wildman–Crippen LogP) is -1.13. The van der Waals surface area contributed by atoms with E-state index in [9.17, 15) is 10.2 Å². The van der Waals surface area contributed by atoms with Crippen LogP contribution >= 0.6 is 0 Å². The molecule has 2 rings (SSSR count). The van der Waals surface area contributed by atoms with Gasteiger partial charge in [0.15, 0.2) is 0 Å². The van der Waals surface area contributed by atoms with Crippen molar-refractivity contribution < 1.29 is 20.1 Å². The third kappa shape index (κ3) is 1.65. The summed E-state index contributed by atoms with van der Waals surface area (Å²) in [6, 6.07) is 0. The Kier molecular flexibility index (Phi) is 2.74. The molecule has 2 heterocycles. The average Bonchev–Trinajstić information content (AvgIpc) is 2.74. The molecule has 1 aromatic rings. The van der Waals surface area contributed by atoms with Crippen LogP contribution < -0.4 is 0 Å². The molecule has 0 spiro atoms. The van der Waals surface area contributed by atoms with E-state index in [-0.39, 0.29) is 6.61 Å². The fourth-order valence-corrected chi connectivity index (χ4v) is 1.80. The minimum Gasteiger partial charge on any atom is -0.394 e. The first-order valence-electron chi connectivity index (χ1n) is 4.77. The van der Waals surface area contributed by atoms with Crippen LogP contribution in [-0.2, 0) is 4.74 Å². The van der Waals surface area contributed by atoms with Gasteiger partial charge in [-0.15, -0.1) is 0 Å². The summed E-state index contributed by atoms with van der Waals surface area (Å²) in [5.74, 6) is 0. The molecule has 0 amide bonds. The van der Waals surface area contributed by atoms with Gasteiger partial charge in [-0.25, -0.2) is 4.98 Å². The molecular weight excluding hydrogens is 200 g/mol. The van der Waals surface area contributed by atoms with Crippen molar-refractivity contribution >= 4 is 0 Å². The Morgan fingerprint density at radius 3 is 2.67 bits per heavy atom. The van der Waals surface area contributed by atoms with E-state index >= 15 is 0 Å². The predicted molar refractivity (Wildman–Crippen MR) is 50.0 cm³/mol. The molecule has 0 bridgehead atoms. The highest BCUT2D eigenvalue weighted by atomic mass is 16.6. The van der Waals surface area contributed by atoms with E-state index in [1.54, 1.807) is 6.92 Å². The molecule has 0 aromatic carbocycles. The van der Waals surface area contributed by atoms with Crippen LogP contribution in [0.3, 0.4) is 0 Å². The standard InChI is InChI=1S/C9H14N2O4/c1-4-6(11-3-10-4)9-8(14)7(13)5(2-12)15-9/h3,5,7-9,12-14H,2H2,1H3,(H,10,11)/t5-,7-,8-,9+/m1/s1. The number of hydrogen-bond donors (Lipinski definition) is 4. The molecule has 1 fully saturated rings. The van der Waals surface area contributed by atoms with Gasteiger partial charge in [-0.05, 0) is 6.92 Å². The van der Waals surface area contributed by atoms with Crippen LogP contribution in [0.15, 0.2) is 6.33 Å². The molecule has 84 valence electrons. The molecule has 6 nitrogen and oxygen atoms in total. The Labute approximate surface area is 86.5 Å². The van der Waals surface area contributed by atoms with E-state index in [2.05, 4.69) is 9.97 Å². The maximum atomic E-state index is 9.72. The maximum absolute atomic E-state index is 9.72. The zero-order chi connectivity index (χ0) is 11.0. The van der Waals surface area contributed by atoms with Gasteiger partial charge in [0.25, 0.3) is 0 Å². The molecule has 1 aliphatic rings. The minimum atomic E-state index is -1.07. The quantitative estimate of drug-likeness (QED) is 0.499. The van der Waals surface area contributed by atoms with Crippen LogP contribution in [0.25, 0.3) is 0 Å². The molecule has 0 radical (unpaired) electrons. The van der Waals surface area contributed by atoms with Gasteiger partial charge in [-0.1, -0.05) is 0 Å². The first-order valence-corrected chi connectivity index (χ1v) is 4.77. The Bertz CT molecular complexity index is 341. The third-order valence-electron chi connectivity index (χ3n) is 2.69. The normalized spacial score (nSPS) is 36.0. The fourth-order valence-electron chi connectivity index (χ4n) is 1.80. The van der Waals surface area contributed by atoms with Gasteiger partial charge in [0.2, 0.25) is 0 Å². The summed E-state index contributed by atoms with van der Waals surface area (Å²) in [6.45, 7) is 1.46. The van der Waals surface area contributed by atoms with Crippen LogP contribution in [0.5, 0.6) is 0 Å². The Morgan fingerprint density at radius 1 is 1.47 bits per heavy atom. The highest BCUT2D eigenvalue weighted by molar-refractivity contribution is 5.16. The summed E-state index contributed by atoms with van der Waals surface area (Å²) in [6.07, 6.45) is -2.00. The molecule has 0 unspecified atom stereocenters. The van der Waals surface area contributed by atoms with Crippen molar-refractivity contribution in [3.05, 3.63) is 17.7 Å². The van der Waals surface area contributed by atoms with Crippen LogP contribution in [0.1, 0.15) is 17.5 Å². The minimum absolute atomic E-state index is 0.318. The molecule has 1 aliphatic heterocycles. The molecule has 6 heteroatoms. The number of hydrogen-bond acceptors (Lipinski definition) is 5. The number of aryl methyl sites for hydroxylation is 1. The number of aromatic nitrogens is 2. The summed E-state index contributed by atoms with van der Waals surface area (Å²) in [5.41, 5.74) is 1.35. The van der Waals surface area contributed by atoms with E-state index in [1.165, 1.54) is 6.33 Å². The van der Waals surface area contributed by atoms with Gasteiger partial charge in [0.1, 0.15) is 24.4 Å². The van der Waals surface area contributed by atoms with Crippen LogP contribution in [0.2, 0.25) is 0 Å². The number of aliphatic hydroxyl groups excluding tert-OH is 3. The van der Waals surface area contributed by atoms with E-state index in [4.69, 9.17) is 9.84 Å². The van der Waals surface area contributed by atoms with Crippen LogP contribution in [0, 0.1) is 6.92 Å². The Morgan fingerprint density at radius 2 is 2.20 bits per heavy atom. The van der Waals surface area contributed by atoms with Gasteiger partial charge in [0, 0.05) is 0 Å². The van der Waals surface area contributed by atoms with E-state index in [0.717, 1.165) is 0 Å². The highest BCUT2D eigenvalue weighted by Gasteiger charge is 2.44. The summed E-state index contributed by atoms with van der Waals surface area (Å²) >= 11 is 0. The topological polar surface area (TPSA) is 98.6 Å². The van der Waals surface area contributed by atoms with E-state index in [1.807, 2.05) is 0 Å². The lowest BCUT2D eigenvalue weighted by Gasteiger charge is -2.13. The number of H-pyrrole nitrogens is 1. The zero-order valence-corrected chi connectivity index (χ0v) is 8.29. The monoisotopic (exact) mass is 214 g/mol. The number of nitrogens with zero attached hydrogens (tertiary/aromatic N) is 1. The molecule has 0 saturated carbocycles.